The van der Waals surface area contributed by atoms with Crippen LogP contribution in [-0.4, -0.2) is 22.5 Å². The van der Waals surface area contributed by atoms with Crippen molar-refractivity contribution < 1.29 is 14.3 Å². The highest BCUT2D eigenvalue weighted by molar-refractivity contribution is 5.91. The highest BCUT2D eigenvalue weighted by Crippen LogP contribution is 2.21. The highest BCUT2D eigenvalue weighted by atomic mass is 16.5. The number of carbonyl (C=O) groups is 1. The van der Waals surface area contributed by atoms with Gasteiger partial charge in [-0.05, 0) is 92.6 Å². The third-order valence-electron chi connectivity index (χ3n) is 5.76. The van der Waals surface area contributed by atoms with Gasteiger partial charge in [0.2, 0.25) is 0 Å². The van der Waals surface area contributed by atoms with Crippen LogP contribution in [0.1, 0.15) is 74.2 Å². The van der Waals surface area contributed by atoms with Crippen LogP contribution in [0.3, 0.4) is 0 Å². The van der Waals surface area contributed by atoms with Crippen molar-refractivity contribution in [3.63, 3.8) is 0 Å². The molecule has 1 aromatic heterocycles. The second kappa shape index (κ2) is 14.7. The maximum atomic E-state index is 12.5. The molecule has 0 saturated heterocycles. The molecule has 0 atom stereocenters. The zero-order chi connectivity index (χ0) is 24.7. The Morgan fingerprint density at radius 2 is 1.54 bits per heavy atom. The third-order valence-corrected chi connectivity index (χ3v) is 5.76. The molecular weight excluding hydrogens is 436 g/mol. The number of nitrogens with zero attached hydrogens (tertiary/aromatic N) is 2. The van der Waals surface area contributed by atoms with E-state index in [1.165, 1.54) is 25.7 Å². The summed E-state index contributed by atoms with van der Waals surface area (Å²) in [6.45, 7) is 6.61. The van der Waals surface area contributed by atoms with Crippen LogP contribution in [0.2, 0.25) is 0 Å². The van der Waals surface area contributed by atoms with Crippen molar-refractivity contribution in [2.75, 3.05) is 6.61 Å². The number of ether oxygens (including phenoxy) is 2. The molecule has 0 aliphatic rings. The first-order valence-electron chi connectivity index (χ1n) is 12.7. The quantitative estimate of drug-likeness (QED) is 0.0985. The summed E-state index contributed by atoms with van der Waals surface area (Å²) in [6.07, 6.45) is 16.0. The van der Waals surface area contributed by atoms with Crippen LogP contribution in [0.5, 0.6) is 11.5 Å². The van der Waals surface area contributed by atoms with Crippen molar-refractivity contribution in [3.05, 3.63) is 84.7 Å². The van der Waals surface area contributed by atoms with Crippen molar-refractivity contribution >= 4 is 5.97 Å². The van der Waals surface area contributed by atoms with Gasteiger partial charge in [-0.25, -0.2) is 14.8 Å². The summed E-state index contributed by atoms with van der Waals surface area (Å²) >= 11 is 0. The summed E-state index contributed by atoms with van der Waals surface area (Å²) in [5.41, 5.74) is 2.52. The molecule has 0 aliphatic heterocycles. The minimum Gasteiger partial charge on any atom is -0.494 e. The Bertz CT molecular complexity index is 1030. The summed E-state index contributed by atoms with van der Waals surface area (Å²) in [5.74, 6) is 1.49. The summed E-state index contributed by atoms with van der Waals surface area (Å²) in [6, 6.07) is 14.3. The fourth-order valence-electron chi connectivity index (χ4n) is 3.67. The van der Waals surface area contributed by atoms with Gasteiger partial charge in [-0.1, -0.05) is 32.3 Å². The molecule has 0 saturated carbocycles. The predicted octanol–water partition coefficient (Wildman–Crippen LogP) is 7.61. The Labute approximate surface area is 209 Å². The summed E-state index contributed by atoms with van der Waals surface area (Å²) < 4.78 is 11.3. The largest absolute Gasteiger partial charge is 0.494 e. The Hall–Kier alpha value is -3.47. The Morgan fingerprint density at radius 1 is 0.857 bits per heavy atom. The molecule has 1 heterocycles. The number of aryl methyl sites for hydroxylation is 1. The highest BCUT2D eigenvalue weighted by Gasteiger charge is 2.10. The van der Waals surface area contributed by atoms with Gasteiger partial charge in [0.1, 0.15) is 11.5 Å². The van der Waals surface area contributed by atoms with Gasteiger partial charge in [0, 0.05) is 18.0 Å². The van der Waals surface area contributed by atoms with Crippen molar-refractivity contribution in [1.29, 1.82) is 0 Å². The molecule has 0 N–H and O–H groups in total. The van der Waals surface area contributed by atoms with Crippen LogP contribution >= 0.6 is 0 Å². The zero-order valence-corrected chi connectivity index (χ0v) is 20.7. The number of hydrogen-bond acceptors (Lipinski definition) is 5. The first-order valence-corrected chi connectivity index (χ1v) is 12.7. The zero-order valence-electron chi connectivity index (χ0n) is 20.7. The van der Waals surface area contributed by atoms with E-state index in [1.807, 2.05) is 30.6 Å². The minimum absolute atomic E-state index is 0.405. The monoisotopic (exact) mass is 472 g/mol. The maximum absolute atomic E-state index is 12.5. The summed E-state index contributed by atoms with van der Waals surface area (Å²) in [4.78, 5) is 21.5. The first-order chi connectivity index (χ1) is 17.2. The van der Waals surface area contributed by atoms with E-state index in [0.717, 1.165) is 49.0 Å². The van der Waals surface area contributed by atoms with Crippen LogP contribution in [-0.2, 0) is 6.42 Å². The molecule has 184 valence electrons. The second-order valence-electron chi connectivity index (χ2n) is 8.65. The van der Waals surface area contributed by atoms with E-state index in [2.05, 4.69) is 23.5 Å². The Morgan fingerprint density at radius 3 is 2.23 bits per heavy atom. The average Bonchev–Trinajstić information content (AvgIpc) is 2.90. The summed E-state index contributed by atoms with van der Waals surface area (Å²) in [7, 11) is 0. The first kappa shape index (κ1) is 26.1. The maximum Gasteiger partial charge on any atom is 0.343 e. The molecule has 5 heteroatoms. The van der Waals surface area contributed by atoms with Gasteiger partial charge in [0.25, 0.3) is 0 Å². The third kappa shape index (κ3) is 9.01. The number of hydrogen-bond donors (Lipinski definition) is 0. The van der Waals surface area contributed by atoms with E-state index >= 15 is 0 Å². The SMILES string of the molecule is C=CCCCCCOc1ccc(C(=O)Oc2ccc(-c3ncc(CCCCCC)cn3)cc2)cc1. The van der Waals surface area contributed by atoms with Gasteiger partial charge in [-0.3, -0.25) is 0 Å². The normalized spacial score (nSPS) is 10.7. The number of aromatic nitrogens is 2. The van der Waals surface area contributed by atoms with E-state index in [-0.39, 0.29) is 0 Å². The fraction of sp³-hybridized carbons (Fsp3) is 0.367. The van der Waals surface area contributed by atoms with Gasteiger partial charge in [-0.15, -0.1) is 6.58 Å². The van der Waals surface area contributed by atoms with E-state index in [4.69, 9.17) is 9.47 Å². The van der Waals surface area contributed by atoms with Gasteiger partial charge >= 0.3 is 5.97 Å². The van der Waals surface area contributed by atoms with Crippen molar-refractivity contribution in [2.24, 2.45) is 0 Å². The number of unbranched alkanes of at least 4 members (excludes halogenated alkanes) is 6. The number of esters is 1. The lowest BCUT2D eigenvalue weighted by Crippen LogP contribution is -2.08. The van der Waals surface area contributed by atoms with E-state index in [1.54, 1.807) is 36.4 Å². The molecule has 5 nitrogen and oxygen atoms in total. The molecule has 2 aromatic carbocycles. The lowest BCUT2D eigenvalue weighted by atomic mass is 10.1. The van der Waals surface area contributed by atoms with Crippen LogP contribution in [0, 0.1) is 0 Å². The second-order valence-corrected chi connectivity index (χ2v) is 8.65. The molecule has 0 radical (unpaired) electrons. The minimum atomic E-state index is -0.405. The van der Waals surface area contributed by atoms with E-state index in [0.29, 0.717) is 23.7 Å². The molecule has 3 rings (SSSR count). The number of carbonyl (C=O) groups excluding carboxylic acids is 1. The smallest absolute Gasteiger partial charge is 0.343 e. The number of rotatable bonds is 15. The molecule has 3 aromatic rings. The van der Waals surface area contributed by atoms with Crippen molar-refractivity contribution in [2.45, 2.75) is 64.7 Å². The molecule has 0 aliphatic carbocycles. The molecule has 0 fully saturated rings. The van der Waals surface area contributed by atoms with Crippen molar-refractivity contribution in [3.8, 4) is 22.9 Å². The average molecular weight is 473 g/mol. The Balaban J connectivity index is 1.46. The molecule has 0 unspecified atom stereocenters. The van der Waals surface area contributed by atoms with Gasteiger partial charge < -0.3 is 9.47 Å². The molecule has 0 amide bonds. The predicted molar refractivity (Wildman–Crippen MR) is 141 cm³/mol. The molecule has 0 bridgehead atoms. The van der Waals surface area contributed by atoms with Crippen molar-refractivity contribution in [1.82, 2.24) is 9.97 Å². The summed E-state index contributed by atoms with van der Waals surface area (Å²) in [5, 5.41) is 0. The number of benzene rings is 2. The van der Waals surface area contributed by atoms with Gasteiger partial charge in [0.15, 0.2) is 5.82 Å². The lowest BCUT2D eigenvalue weighted by molar-refractivity contribution is 0.0734. The standard InChI is InChI=1S/C30H36N2O3/c1-3-5-7-9-11-21-34-27-17-15-26(16-18-27)30(33)35-28-19-13-25(14-20-28)29-31-22-24(23-32-29)12-10-8-6-4-2/h3,13-20,22-23H,1,4-12,21H2,2H3. The molecular formula is C30H36N2O3. The van der Waals surface area contributed by atoms with Gasteiger partial charge in [0.05, 0.1) is 12.2 Å². The van der Waals surface area contributed by atoms with E-state index < -0.39 is 5.97 Å². The van der Waals surface area contributed by atoms with Crippen LogP contribution in [0.4, 0.5) is 0 Å². The van der Waals surface area contributed by atoms with Gasteiger partial charge in [-0.2, -0.15) is 0 Å². The fourth-order valence-corrected chi connectivity index (χ4v) is 3.67. The topological polar surface area (TPSA) is 61.3 Å². The molecule has 0 spiro atoms. The van der Waals surface area contributed by atoms with Crippen LogP contribution in [0.15, 0.2) is 73.6 Å². The number of allylic oxidation sites excluding steroid dienone is 1. The lowest BCUT2D eigenvalue weighted by Gasteiger charge is -2.08. The van der Waals surface area contributed by atoms with E-state index in [9.17, 15) is 4.79 Å². The Kier molecular flexibility index (Phi) is 11.0. The molecule has 35 heavy (non-hydrogen) atoms. The van der Waals surface area contributed by atoms with Crippen LogP contribution in [0.25, 0.3) is 11.4 Å². The van der Waals surface area contributed by atoms with Crippen LogP contribution < -0.4 is 9.47 Å².